The third-order valence-electron chi connectivity index (χ3n) is 6.72. The molecule has 2 heterocycles. The lowest BCUT2D eigenvalue weighted by molar-refractivity contribution is -0.131. The number of rotatable bonds is 5. The summed E-state index contributed by atoms with van der Waals surface area (Å²) in [5, 5.41) is 3.19. The topological polar surface area (TPSA) is 82.2 Å². The predicted octanol–water partition coefficient (Wildman–Crippen LogP) is 4.31. The summed E-state index contributed by atoms with van der Waals surface area (Å²) in [5.74, 6) is 0.289. The number of anilines is 1. The molecule has 2 aromatic carbocycles. The van der Waals surface area contributed by atoms with Crippen LogP contribution in [0, 0.1) is 0 Å². The zero-order valence-electron chi connectivity index (χ0n) is 21.0. The van der Waals surface area contributed by atoms with E-state index in [1.54, 1.807) is 39.8 Å². The van der Waals surface area contributed by atoms with Crippen LogP contribution in [0.1, 0.15) is 49.5 Å². The Labute approximate surface area is 217 Å². The molecule has 1 N–H and O–H groups in total. The number of hydrogen-bond acceptors (Lipinski definition) is 4. The van der Waals surface area contributed by atoms with E-state index in [0.29, 0.717) is 29.5 Å². The quantitative estimate of drug-likeness (QED) is 0.647. The summed E-state index contributed by atoms with van der Waals surface area (Å²) < 4.78 is 5.49. The number of likely N-dealkylation sites (tertiary alicyclic amines) is 1. The predicted molar refractivity (Wildman–Crippen MR) is 140 cm³/mol. The van der Waals surface area contributed by atoms with Gasteiger partial charge in [-0.1, -0.05) is 29.8 Å². The molecule has 1 saturated heterocycles. The minimum atomic E-state index is -0.623. The van der Waals surface area contributed by atoms with Gasteiger partial charge in [0.1, 0.15) is 11.8 Å². The number of fused-ring (bicyclic) bond motifs is 1. The van der Waals surface area contributed by atoms with Crippen LogP contribution < -0.4 is 15.0 Å². The molecule has 192 valence electrons. The first-order valence-corrected chi connectivity index (χ1v) is 12.9. The van der Waals surface area contributed by atoms with E-state index >= 15 is 0 Å². The highest BCUT2D eigenvalue weighted by atomic mass is 35.5. The standard InChI is InChI=1S/C27H33ClN4O4/c1-4-36-21-11-12-22(23(28)15-21)26(34)32-16-18(2)31(17-20-9-5-6-10-24(20)32)27(35)29-19(3)25(33)30-13-7-8-14-30/h5-6,9-12,15,18-19H,4,7-8,13-14,16-17H2,1-3H3,(H,29,35)/t18-,19+/m0/s1. The van der Waals surface area contributed by atoms with E-state index in [0.717, 1.165) is 37.2 Å². The summed E-state index contributed by atoms with van der Waals surface area (Å²) in [5.41, 5.74) is 1.94. The number of amides is 4. The number of ether oxygens (including phenoxy) is 1. The maximum atomic E-state index is 13.7. The molecule has 2 atom stereocenters. The molecule has 2 aliphatic heterocycles. The number of urea groups is 1. The van der Waals surface area contributed by atoms with E-state index in [1.165, 1.54) is 0 Å². The zero-order chi connectivity index (χ0) is 25.8. The van der Waals surface area contributed by atoms with Crippen LogP contribution in [0.4, 0.5) is 10.5 Å². The van der Waals surface area contributed by atoms with Gasteiger partial charge in [0.15, 0.2) is 0 Å². The molecular formula is C27H33ClN4O4. The van der Waals surface area contributed by atoms with Crippen molar-refractivity contribution >= 4 is 35.1 Å². The lowest BCUT2D eigenvalue weighted by atomic mass is 10.1. The molecule has 0 aliphatic carbocycles. The maximum absolute atomic E-state index is 13.7. The first kappa shape index (κ1) is 25.8. The number of carbonyl (C=O) groups is 3. The number of benzene rings is 2. The van der Waals surface area contributed by atoms with Gasteiger partial charge >= 0.3 is 6.03 Å². The van der Waals surface area contributed by atoms with Crippen LogP contribution in [-0.4, -0.2) is 66.0 Å². The molecule has 1 fully saturated rings. The van der Waals surface area contributed by atoms with Gasteiger partial charge in [0.2, 0.25) is 5.91 Å². The van der Waals surface area contributed by atoms with Crippen molar-refractivity contribution in [3.8, 4) is 5.75 Å². The van der Waals surface area contributed by atoms with Gasteiger partial charge in [-0.2, -0.15) is 0 Å². The highest BCUT2D eigenvalue weighted by Gasteiger charge is 2.33. The molecular weight excluding hydrogens is 480 g/mol. The molecule has 0 aromatic heterocycles. The van der Waals surface area contributed by atoms with E-state index < -0.39 is 6.04 Å². The first-order valence-electron chi connectivity index (χ1n) is 12.5. The zero-order valence-corrected chi connectivity index (χ0v) is 21.8. The molecule has 36 heavy (non-hydrogen) atoms. The molecule has 8 nitrogen and oxygen atoms in total. The Bertz CT molecular complexity index is 1130. The van der Waals surface area contributed by atoms with Crippen LogP contribution in [0.25, 0.3) is 0 Å². The smallest absolute Gasteiger partial charge is 0.318 e. The Morgan fingerprint density at radius 3 is 2.56 bits per heavy atom. The second kappa shape index (κ2) is 11.2. The minimum absolute atomic E-state index is 0.0642. The van der Waals surface area contributed by atoms with Crippen molar-refractivity contribution in [2.75, 3.05) is 31.1 Å². The van der Waals surface area contributed by atoms with Gasteiger partial charge in [-0.25, -0.2) is 4.79 Å². The Morgan fingerprint density at radius 2 is 1.86 bits per heavy atom. The van der Waals surface area contributed by atoms with E-state index in [1.807, 2.05) is 38.1 Å². The van der Waals surface area contributed by atoms with E-state index in [9.17, 15) is 14.4 Å². The number of nitrogens with zero attached hydrogens (tertiary/aromatic N) is 3. The molecule has 2 aliphatic rings. The van der Waals surface area contributed by atoms with Crippen molar-refractivity contribution in [1.29, 1.82) is 0 Å². The van der Waals surface area contributed by atoms with Crippen molar-refractivity contribution in [2.45, 2.75) is 52.2 Å². The first-order chi connectivity index (χ1) is 17.3. The van der Waals surface area contributed by atoms with Crippen LogP contribution in [0.15, 0.2) is 42.5 Å². The van der Waals surface area contributed by atoms with E-state index in [4.69, 9.17) is 16.3 Å². The molecule has 4 amide bonds. The van der Waals surface area contributed by atoms with Crippen molar-refractivity contribution in [1.82, 2.24) is 15.1 Å². The molecule has 0 unspecified atom stereocenters. The molecule has 9 heteroatoms. The van der Waals surface area contributed by atoms with Gasteiger partial charge in [-0.3, -0.25) is 9.59 Å². The SMILES string of the molecule is CCOc1ccc(C(=O)N2C[C@H](C)N(C(=O)N[C@H](C)C(=O)N3CCCC3)Cc3ccccc32)c(Cl)c1. The van der Waals surface area contributed by atoms with E-state index in [2.05, 4.69) is 5.32 Å². The Balaban J connectivity index is 1.55. The Hall–Kier alpha value is -3.26. The van der Waals surface area contributed by atoms with Crippen LogP contribution in [-0.2, 0) is 11.3 Å². The number of halogens is 1. The van der Waals surface area contributed by atoms with Crippen molar-refractivity contribution in [2.24, 2.45) is 0 Å². The summed E-state index contributed by atoms with van der Waals surface area (Å²) in [7, 11) is 0. The summed E-state index contributed by atoms with van der Waals surface area (Å²) in [6.45, 7) is 8.07. The Morgan fingerprint density at radius 1 is 1.14 bits per heavy atom. The molecule has 4 rings (SSSR count). The van der Waals surface area contributed by atoms with Gasteiger partial charge < -0.3 is 24.8 Å². The van der Waals surface area contributed by atoms with Gasteiger partial charge in [-0.15, -0.1) is 0 Å². The fourth-order valence-electron chi connectivity index (χ4n) is 4.78. The lowest BCUT2D eigenvalue weighted by Crippen LogP contribution is -2.53. The van der Waals surface area contributed by atoms with Gasteiger partial charge in [0.25, 0.3) is 5.91 Å². The summed E-state index contributed by atoms with van der Waals surface area (Å²) in [6, 6.07) is 11.3. The molecule has 2 aromatic rings. The van der Waals surface area contributed by atoms with E-state index in [-0.39, 0.29) is 30.4 Å². The highest BCUT2D eigenvalue weighted by Crippen LogP contribution is 2.31. The molecule has 0 bridgehead atoms. The summed E-state index contributed by atoms with van der Waals surface area (Å²) in [6.07, 6.45) is 1.99. The third-order valence-corrected chi connectivity index (χ3v) is 7.03. The maximum Gasteiger partial charge on any atom is 0.318 e. The average Bonchev–Trinajstić information content (AvgIpc) is 3.35. The van der Waals surface area contributed by atoms with Crippen molar-refractivity contribution in [3.05, 3.63) is 58.6 Å². The number of hydrogen-bond donors (Lipinski definition) is 1. The van der Waals surface area contributed by atoms with Crippen LogP contribution >= 0.6 is 11.6 Å². The average molecular weight is 513 g/mol. The normalized spacial score (nSPS) is 18.3. The van der Waals surface area contributed by atoms with Crippen molar-refractivity contribution in [3.63, 3.8) is 0 Å². The molecule has 0 spiro atoms. The second-order valence-electron chi connectivity index (χ2n) is 9.30. The minimum Gasteiger partial charge on any atom is -0.494 e. The summed E-state index contributed by atoms with van der Waals surface area (Å²) >= 11 is 6.47. The second-order valence-corrected chi connectivity index (χ2v) is 9.71. The van der Waals surface area contributed by atoms with Gasteiger partial charge in [0, 0.05) is 37.9 Å². The number of para-hydroxylation sites is 1. The lowest BCUT2D eigenvalue weighted by Gasteiger charge is -2.31. The largest absolute Gasteiger partial charge is 0.494 e. The number of carbonyl (C=O) groups excluding carboxylic acids is 3. The monoisotopic (exact) mass is 512 g/mol. The van der Waals surface area contributed by atoms with Gasteiger partial charge in [-0.05, 0) is 63.4 Å². The van der Waals surface area contributed by atoms with Crippen LogP contribution in [0.3, 0.4) is 0 Å². The third kappa shape index (κ3) is 5.43. The van der Waals surface area contributed by atoms with Gasteiger partial charge in [0.05, 0.1) is 17.2 Å². The number of nitrogens with one attached hydrogen (secondary N) is 1. The highest BCUT2D eigenvalue weighted by molar-refractivity contribution is 6.34. The fraction of sp³-hybridized carbons (Fsp3) is 0.444. The Kier molecular flexibility index (Phi) is 8.04. The molecule has 0 radical (unpaired) electrons. The fourth-order valence-corrected chi connectivity index (χ4v) is 5.04. The van der Waals surface area contributed by atoms with Crippen LogP contribution in [0.2, 0.25) is 5.02 Å². The molecule has 0 saturated carbocycles. The summed E-state index contributed by atoms with van der Waals surface area (Å²) in [4.78, 5) is 44.9. The van der Waals surface area contributed by atoms with Crippen molar-refractivity contribution < 1.29 is 19.1 Å². The van der Waals surface area contributed by atoms with Crippen LogP contribution in [0.5, 0.6) is 5.75 Å².